The van der Waals surface area contributed by atoms with Crippen LogP contribution in [0.3, 0.4) is 0 Å². The van der Waals surface area contributed by atoms with Crippen molar-refractivity contribution in [2.45, 2.75) is 32.2 Å². The Morgan fingerprint density at radius 2 is 2.06 bits per heavy atom. The first-order valence-electron chi connectivity index (χ1n) is 6.25. The molecule has 1 amide bonds. The van der Waals surface area contributed by atoms with Gasteiger partial charge in [-0.05, 0) is 30.2 Å². The van der Waals surface area contributed by atoms with Crippen LogP contribution in [-0.2, 0) is 4.79 Å². The zero-order valence-electron chi connectivity index (χ0n) is 10.3. The van der Waals surface area contributed by atoms with E-state index in [-0.39, 0.29) is 5.91 Å². The first-order valence-corrected chi connectivity index (χ1v) is 6.25. The lowest BCUT2D eigenvalue weighted by Crippen LogP contribution is -2.37. The zero-order valence-corrected chi connectivity index (χ0v) is 10.3. The molecular formula is C14H20N2O. The summed E-state index contributed by atoms with van der Waals surface area (Å²) in [7, 11) is 0. The molecule has 2 rings (SSSR count). The Labute approximate surface area is 102 Å². The van der Waals surface area contributed by atoms with Crippen LogP contribution in [0.2, 0.25) is 0 Å². The van der Waals surface area contributed by atoms with Crippen molar-refractivity contribution in [2.24, 2.45) is 11.1 Å². The van der Waals surface area contributed by atoms with Gasteiger partial charge in [0.05, 0.1) is 0 Å². The second-order valence-corrected chi connectivity index (χ2v) is 4.96. The van der Waals surface area contributed by atoms with Crippen molar-refractivity contribution in [3.05, 3.63) is 35.9 Å². The summed E-state index contributed by atoms with van der Waals surface area (Å²) in [4.78, 5) is 11.9. The number of rotatable bonds is 5. The van der Waals surface area contributed by atoms with E-state index >= 15 is 0 Å². The smallest absolute Gasteiger partial charge is 0.241 e. The lowest BCUT2D eigenvalue weighted by molar-refractivity contribution is -0.122. The molecule has 3 heteroatoms. The summed E-state index contributed by atoms with van der Waals surface area (Å²) in [6, 6.07) is 8.94. The van der Waals surface area contributed by atoms with E-state index in [9.17, 15) is 4.79 Å². The average molecular weight is 232 g/mol. The van der Waals surface area contributed by atoms with Crippen LogP contribution in [0, 0.1) is 5.41 Å². The third-order valence-corrected chi connectivity index (χ3v) is 3.79. The van der Waals surface area contributed by atoms with Gasteiger partial charge in [0, 0.05) is 6.54 Å². The van der Waals surface area contributed by atoms with Gasteiger partial charge in [-0.2, -0.15) is 0 Å². The molecule has 1 aliphatic rings. The van der Waals surface area contributed by atoms with E-state index in [1.165, 1.54) is 12.8 Å². The quantitative estimate of drug-likeness (QED) is 0.815. The Morgan fingerprint density at radius 3 is 2.59 bits per heavy atom. The van der Waals surface area contributed by atoms with E-state index in [1.807, 2.05) is 30.3 Å². The maximum atomic E-state index is 11.9. The third-order valence-electron chi connectivity index (χ3n) is 3.79. The lowest BCUT2D eigenvalue weighted by Gasteiger charge is -2.16. The number of hydrogen-bond donors (Lipinski definition) is 2. The molecule has 0 spiro atoms. The van der Waals surface area contributed by atoms with E-state index in [0.29, 0.717) is 5.41 Å². The molecule has 0 radical (unpaired) electrons. The third kappa shape index (κ3) is 2.86. The minimum Gasteiger partial charge on any atom is -0.354 e. The lowest BCUT2D eigenvalue weighted by atomic mass is 10.0. The summed E-state index contributed by atoms with van der Waals surface area (Å²) in [5, 5.41) is 2.97. The Bertz CT molecular complexity index is 384. The molecule has 1 saturated carbocycles. The molecular weight excluding hydrogens is 212 g/mol. The first kappa shape index (κ1) is 12.1. The molecule has 0 aromatic heterocycles. The van der Waals surface area contributed by atoms with Crippen LogP contribution in [0.1, 0.15) is 37.8 Å². The van der Waals surface area contributed by atoms with Crippen LogP contribution in [0.25, 0.3) is 0 Å². The van der Waals surface area contributed by atoms with Crippen LogP contribution >= 0.6 is 0 Å². The minimum absolute atomic E-state index is 0.0732. The van der Waals surface area contributed by atoms with Crippen molar-refractivity contribution in [2.75, 3.05) is 6.54 Å². The van der Waals surface area contributed by atoms with Crippen LogP contribution in [0.5, 0.6) is 0 Å². The van der Waals surface area contributed by atoms with Crippen molar-refractivity contribution in [1.82, 2.24) is 5.32 Å². The van der Waals surface area contributed by atoms with Gasteiger partial charge in [-0.25, -0.2) is 0 Å². The van der Waals surface area contributed by atoms with E-state index in [0.717, 1.165) is 18.5 Å². The van der Waals surface area contributed by atoms with E-state index < -0.39 is 6.04 Å². The van der Waals surface area contributed by atoms with Gasteiger partial charge in [-0.15, -0.1) is 0 Å². The van der Waals surface area contributed by atoms with Gasteiger partial charge in [0.2, 0.25) is 5.91 Å². The highest BCUT2D eigenvalue weighted by molar-refractivity contribution is 5.82. The highest BCUT2D eigenvalue weighted by atomic mass is 16.2. The van der Waals surface area contributed by atoms with Gasteiger partial charge in [-0.3, -0.25) is 4.79 Å². The largest absolute Gasteiger partial charge is 0.354 e. The molecule has 0 heterocycles. The zero-order chi connectivity index (χ0) is 12.3. The normalized spacial score (nSPS) is 18.5. The van der Waals surface area contributed by atoms with E-state index in [4.69, 9.17) is 5.73 Å². The SMILES string of the molecule is CCC1(CNC(=O)[C@@H](N)c2ccccc2)CC1. The molecule has 0 bridgehead atoms. The standard InChI is InChI=1S/C14H20N2O/c1-2-14(8-9-14)10-16-13(17)12(15)11-6-4-3-5-7-11/h3-7,12H,2,8-10,15H2,1H3,(H,16,17)/t12-/m0/s1. The summed E-state index contributed by atoms with van der Waals surface area (Å²) in [6.07, 6.45) is 3.59. The number of hydrogen-bond acceptors (Lipinski definition) is 2. The van der Waals surface area contributed by atoms with Gasteiger partial charge in [0.1, 0.15) is 6.04 Å². The number of amides is 1. The maximum Gasteiger partial charge on any atom is 0.241 e. The molecule has 0 aliphatic heterocycles. The first-order chi connectivity index (χ1) is 8.17. The molecule has 17 heavy (non-hydrogen) atoms. The van der Waals surface area contributed by atoms with Crippen LogP contribution in [0.15, 0.2) is 30.3 Å². The van der Waals surface area contributed by atoms with Gasteiger partial charge in [0.25, 0.3) is 0 Å². The second-order valence-electron chi connectivity index (χ2n) is 4.96. The van der Waals surface area contributed by atoms with E-state index in [2.05, 4.69) is 12.2 Å². The van der Waals surface area contributed by atoms with Crippen molar-refractivity contribution in [3.63, 3.8) is 0 Å². The van der Waals surface area contributed by atoms with Crippen molar-refractivity contribution in [3.8, 4) is 0 Å². The maximum absolute atomic E-state index is 11.9. The number of benzene rings is 1. The molecule has 1 aromatic rings. The molecule has 0 saturated heterocycles. The van der Waals surface area contributed by atoms with Gasteiger partial charge in [0.15, 0.2) is 0 Å². The van der Waals surface area contributed by atoms with E-state index in [1.54, 1.807) is 0 Å². The number of nitrogens with two attached hydrogens (primary N) is 1. The van der Waals surface area contributed by atoms with Crippen LogP contribution < -0.4 is 11.1 Å². The van der Waals surface area contributed by atoms with Crippen molar-refractivity contribution >= 4 is 5.91 Å². The van der Waals surface area contributed by atoms with Crippen LogP contribution in [0.4, 0.5) is 0 Å². The monoisotopic (exact) mass is 232 g/mol. The molecule has 1 fully saturated rings. The molecule has 0 unspecified atom stereocenters. The van der Waals surface area contributed by atoms with Crippen molar-refractivity contribution < 1.29 is 4.79 Å². The fourth-order valence-corrected chi connectivity index (χ4v) is 2.03. The number of nitrogens with one attached hydrogen (secondary N) is 1. The van der Waals surface area contributed by atoms with Gasteiger partial charge in [-0.1, -0.05) is 37.3 Å². The Balaban J connectivity index is 1.88. The second kappa shape index (κ2) is 4.88. The molecule has 3 nitrogen and oxygen atoms in total. The summed E-state index contributed by atoms with van der Waals surface area (Å²) in [6.45, 7) is 2.94. The topological polar surface area (TPSA) is 55.1 Å². The fourth-order valence-electron chi connectivity index (χ4n) is 2.03. The summed E-state index contributed by atoms with van der Waals surface area (Å²) in [5.41, 5.74) is 7.15. The molecule has 1 aromatic carbocycles. The van der Waals surface area contributed by atoms with Gasteiger partial charge >= 0.3 is 0 Å². The number of carbonyl (C=O) groups excluding carboxylic acids is 1. The average Bonchev–Trinajstić information content (AvgIpc) is 3.17. The molecule has 3 N–H and O–H groups in total. The Hall–Kier alpha value is -1.35. The Morgan fingerprint density at radius 1 is 1.41 bits per heavy atom. The summed E-state index contributed by atoms with van der Waals surface area (Å²) < 4.78 is 0. The summed E-state index contributed by atoms with van der Waals surface area (Å²) >= 11 is 0. The summed E-state index contributed by atoms with van der Waals surface area (Å²) in [5.74, 6) is -0.0732. The fraction of sp³-hybridized carbons (Fsp3) is 0.500. The highest BCUT2D eigenvalue weighted by Gasteiger charge is 2.40. The molecule has 1 aliphatic carbocycles. The number of carbonyl (C=O) groups is 1. The molecule has 92 valence electrons. The highest BCUT2D eigenvalue weighted by Crippen LogP contribution is 2.47. The Kier molecular flexibility index (Phi) is 3.48. The van der Waals surface area contributed by atoms with Crippen molar-refractivity contribution in [1.29, 1.82) is 0 Å². The molecule has 1 atom stereocenters. The predicted molar refractivity (Wildman–Crippen MR) is 68.3 cm³/mol. The van der Waals surface area contributed by atoms with Crippen LogP contribution in [-0.4, -0.2) is 12.5 Å². The predicted octanol–water partition coefficient (Wildman–Crippen LogP) is 1.99. The van der Waals surface area contributed by atoms with Gasteiger partial charge < -0.3 is 11.1 Å². The minimum atomic E-state index is -0.552.